The van der Waals surface area contributed by atoms with Crippen LogP contribution in [0.25, 0.3) is 0 Å². The fourth-order valence-electron chi connectivity index (χ4n) is 3.17. The molecular formula is C19H31NO. The van der Waals surface area contributed by atoms with Crippen molar-refractivity contribution in [2.45, 2.75) is 77.4 Å². The monoisotopic (exact) mass is 289 g/mol. The minimum atomic E-state index is 0.323. The first kappa shape index (κ1) is 16.4. The molecule has 2 nitrogen and oxygen atoms in total. The van der Waals surface area contributed by atoms with Crippen LogP contribution in [0.3, 0.4) is 0 Å². The van der Waals surface area contributed by atoms with Crippen LogP contribution in [0.4, 0.5) is 0 Å². The average molecular weight is 289 g/mol. The van der Waals surface area contributed by atoms with Crippen molar-refractivity contribution >= 4 is 0 Å². The van der Waals surface area contributed by atoms with Gasteiger partial charge in [0, 0.05) is 6.04 Å². The number of benzene rings is 1. The van der Waals surface area contributed by atoms with Crippen LogP contribution in [0.5, 0.6) is 5.75 Å². The number of hydrogen-bond acceptors (Lipinski definition) is 2. The zero-order valence-electron chi connectivity index (χ0n) is 13.7. The van der Waals surface area contributed by atoms with Gasteiger partial charge in [0.25, 0.3) is 0 Å². The lowest BCUT2D eigenvalue weighted by atomic mass is 9.94. The highest BCUT2D eigenvalue weighted by atomic mass is 16.5. The Morgan fingerprint density at radius 3 is 2.67 bits per heavy atom. The molecule has 2 heteroatoms. The smallest absolute Gasteiger partial charge is 0.120 e. The molecule has 1 aliphatic rings. The Bertz CT molecular complexity index is 402. The van der Waals surface area contributed by atoms with Gasteiger partial charge in [-0.2, -0.15) is 0 Å². The van der Waals surface area contributed by atoms with Gasteiger partial charge in [-0.3, -0.25) is 0 Å². The van der Waals surface area contributed by atoms with Crippen LogP contribution in [0, 0.1) is 0 Å². The van der Waals surface area contributed by atoms with E-state index in [1.807, 2.05) is 0 Å². The van der Waals surface area contributed by atoms with E-state index in [1.54, 1.807) is 0 Å². The van der Waals surface area contributed by atoms with Crippen LogP contribution >= 0.6 is 0 Å². The van der Waals surface area contributed by atoms with E-state index in [9.17, 15) is 0 Å². The normalized spacial score (nSPS) is 23.3. The molecule has 0 bridgehead atoms. The Kier molecular flexibility index (Phi) is 7.08. The zero-order chi connectivity index (χ0) is 14.9. The van der Waals surface area contributed by atoms with Gasteiger partial charge < -0.3 is 10.1 Å². The van der Waals surface area contributed by atoms with E-state index >= 15 is 0 Å². The summed E-state index contributed by atoms with van der Waals surface area (Å²) in [5.41, 5.74) is 1.36. The van der Waals surface area contributed by atoms with Gasteiger partial charge in [-0.1, -0.05) is 45.2 Å². The minimum Gasteiger partial charge on any atom is -0.489 e. The Balaban J connectivity index is 2.03. The van der Waals surface area contributed by atoms with Gasteiger partial charge in [-0.15, -0.1) is 0 Å². The van der Waals surface area contributed by atoms with Crippen molar-refractivity contribution in [1.82, 2.24) is 5.32 Å². The number of nitrogens with one attached hydrogen (secondary N) is 1. The summed E-state index contributed by atoms with van der Waals surface area (Å²) in [6, 6.07) is 9.11. The quantitative estimate of drug-likeness (QED) is 0.818. The molecule has 0 saturated heterocycles. The van der Waals surface area contributed by atoms with Gasteiger partial charge in [0.2, 0.25) is 0 Å². The molecule has 1 fully saturated rings. The second kappa shape index (κ2) is 9.09. The second-order valence-corrected chi connectivity index (χ2v) is 6.21. The Morgan fingerprint density at radius 2 is 1.90 bits per heavy atom. The summed E-state index contributed by atoms with van der Waals surface area (Å²) in [4.78, 5) is 0. The molecular weight excluding hydrogens is 258 g/mol. The maximum Gasteiger partial charge on any atom is 0.120 e. The van der Waals surface area contributed by atoms with Crippen LogP contribution in [-0.2, 0) is 6.42 Å². The van der Waals surface area contributed by atoms with E-state index in [0.717, 1.165) is 18.7 Å². The molecule has 0 radical (unpaired) electrons. The van der Waals surface area contributed by atoms with Crippen LogP contribution in [-0.4, -0.2) is 18.7 Å². The first-order chi connectivity index (χ1) is 10.3. The summed E-state index contributed by atoms with van der Waals surface area (Å²) >= 11 is 0. The fraction of sp³-hybridized carbons (Fsp3) is 0.684. The molecule has 1 aromatic carbocycles. The lowest BCUT2D eigenvalue weighted by molar-refractivity contribution is 0.127. The summed E-state index contributed by atoms with van der Waals surface area (Å²) in [6.45, 7) is 5.52. The first-order valence-electron chi connectivity index (χ1n) is 8.82. The Hall–Kier alpha value is -1.02. The van der Waals surface area contributed by atoms with Crippen LogP contribution in [0.1, 0.15) is 64.4 Å². The Morgan fingerprint density at radius 1 is 1.10 bits per heavy atom. The predicted molar refractivity (Wildman–Crippen MR) is 90.0 cm³/mol. The maximum atomic E-state index is 6.38. The van der Waals surface area contributed by atoms with Gasteiger partial charge in [0.05, 0.1) is 0 Å². The van der Waals surface area contributed by atoms with E-state index in [1.165, 1.54) is 50.5 Å². The second-order valence-electron chi connectivity index (χ2n) is 6.21. The minimum absolute atomic E-state index is 0.323. The van der Waals surface area contributed by atoms with Crippen LogP contribution in [0.2, 0.25) is 0 Å². The van der Waals surface area contributed by atoms with Gasteiger partial charge >= 0.3 is 0 Å². The summed E-state index contributed by atoms with van der Waals surface area (Å²) in [7, 11) is 0. The van der Waals surface area contributed by atoms with Crippen molar-refractivity contribution in [3.63, 3.8) is 0 Å². The molecule has 1 N–H and O–H groups in total. The number of ether oxygens (including phenoxy) is 1. The molecule has 1 aromatic rings. The van der Waals surface area contributed by atoms with Crippen molar-refractivity contribution < 1.29 is 4.74 Å². The number of rotatable bonds is 6. The van der Waals surface area contributed by atoms with Gasteiger partial charge in [0.15, 0.2) is 0 Å². The van der Waals surface area contributed by atoms with Crippen LogP contribution < -0.4 is 10.1 Å². The first-order valence-corrected chi connectivity index (χ1v) is 8.82. The molecule has 1 saturated carbocycles. The summed E-state index contributed by atoms with van der Waals surface area (Å²) < 4.78 is 6.38. The molecule has 1 aliphatic carbocycles. The molecule has 21 heavy (non-hydrogen) atoms. The maximum absolute atomic E-state index is 6.38. The topological polar surface area (TPSA) is 21.3 Å². The van der Waals surface area contributed by atoms with Gasteiger partial charge in [-0.25, -0.2) is 0 Å². The molecule has 0 amide bonds. The van der Waals surface area contributed by atoms with Crippen LogP contribution in [0.15, 0.2) is 24.3 Å². The molecule has 0 aliphatic heterocycles. The molecule has 0 aromatic heterocycles. The summed E-state index contributed by atoms with van der Waals surface area (Å²) in [5.74, 6) is 1.04. The molecule has 2 atom stereocenters. The molecule has 0 spiro atoms. The molecule has 2 unspecified atom stereocenters. The third kappa shape index (κ3) is 5.35. The van der Waals surface area contributed by atoms with E-state index in [4.69, 9.17) is 4.74 Å². The third-order valence-corrected chi connectivity index (χ3v) is 4.45. The van der Waals surface area contributed by atoms with Gasteiger partial charge in [-0.05, 0) is 56.3 Å². The van der Waals surface area contributed by atoms with E-state index in [2.05, 4.69) is 43.4 Å². The fourth-order valence-corrected chi connectivity index (χ4v) is 3.17. The Labute approximate surface area is 130 Å². The van der Waals surface area contributed by atoms with Crippen molar-refractivity contribution in [3.05, 3.63) is 29.8 Å². The molecule has 118 valence electrons. The number of hydrogen-bond donors (Lipinski definition) is 1. The number of aryl methyl sites for hydroxylation is 1. The lowest BCUT2D eigenvalue weighted by Crippen LogP contribution is -2.44. The van der Waals surface area contributed by atoms with Crippen molar-refractivity contribution in [1.29, 1.82) is 0 Å². The van der Waals surface area contributed by atoms with Crippen molar-refractivity contribution in [3.8, 4) is 5.75 Å². The SMILES string of the molecule is CCCNC1CCCCCCC1Oc1cccc(CC)c1. The van der Waals surface area contributed by atoms with E-state index in [0.29, 0.717) is 12.1 Å². The molecule has 2 rings (SSSR count). The van der Waals surface area contributed by atoms with Crippen molar-refractivity contribution in [2.75, 3.05) is 6.54 Å². The molecule has 0 heterocycles. The standard InChI is InChI=1S/C19H31NO/c1-3-14-20-18-12-7-5-6-8-13-19(18)21-17-11-9-10-16(4-2)15-17/h9-11,15,18-20H,3-8,12-14H2,1-2H3. The highest BCUT2D eigenvalue weighted by molar-refractivity contribution is 5.28. The predicted octanol–water partition coefficient (Wildman–Crippen LogP) is 4.72. The zero-order valence-corrected chi connectivity index (χ0v) is 13.7. The third-order valence-electron chi connectivity index (χ3n) is 4.45. The van der Waals surface area contributed by atoms with Gasteiger partial charge in [0.1, 0.15) is 11.9 Å². The highest BCUT2D eigenvalue weighted by Gasteiger charge is 2.23. The van der Waals surface area contributed by atoms with Crippen molar-refractivity contribution in [2.24, 2.45) is 0 Å². The highest BCUT2D eigenvalue weighted by Crippen LogP contribution is 2.24. The summed E-state index contributed by atoms with van der Waals surface area (Å²) in [6.07, 6.45) is 10.4. The van der Waals surface area contributed by atoms with E-state index in [-0.39, 0.29) is 0 Å². The lowest BCUT2D eigenvalue weighted by Gasteiger charge is -2.31. The summed E-state index contributed by atoms with van der Waals surface area (Å²) in [5, 5.41) is 3.71. The van der Waals surface area contributed by atoms with E-state index < -0.39 is 0 Å². The largest absolute Gasteiger partial charge is 0.489 e. The average Bonchev–Trinajstić information content (AvgIpc) is 2.50.